The normalized spacial score (nSPS) is 25.0. The lowest BCUT2D eigenvalue weighted by Gasteiger charge is -2.51. The van der Waals surface area contributed by atoms with Crippen LogP contribution >= 0.6 is 0 Å². The maximum absolute atomic E-state index is 11.7. The number of esters is 1. The van der Waals surface area contributed by atoms with E-state index < -0.39 is 16.6 Å². The van der Waals surface area contributed by atoms with Gasteiger partial charge in [0.25, 0.3) is 6.47 Å². The molecule has 0 N–H and O–H groups in total. The Morgan fingerprint density at radius 3 is 2.11 bits per heavy atom. The molecule has 2 rings (SSSR count). The third kappa shape index (κ3) is 10.9. The predicted molar refractivity (Wildman–Crippen MR) is 191 cm³/mol. The second-order valence-corrected chi connectivity index (χ2v) is 26.3. The summed E-state index contributed by atoms with van der Waals surface area (Å²) in [6, 6.07) is 0. The van der Waals surface area contributed by atoms with E-state index in [1.165, 1.54) is 39.2 Å². The summed E-state index contributed by atoms with van der Waals surface area (Å²) in [5.41, 5.74) is 0.275. The third-order valence-corrected chi connectivity index (χ3v) is 20.6. The fourth-order valence-electron chi connectivity index (χ4n) is 6.58. The summed E-state index contributed by atoms with van der Waals surface area (Å²) in [4.78, 5) is 23.2. The van der Waals surface area contributed by atoms with Crippen molar-refractivity contribution >= 4 is 29.1 Å². The zero-order chi connectivity index (χ0) is 34.1. The van der Waals surface area contributed by atoms with E-state index in [2.05, 4.69) is 99.0 Å². The Hall–Kier alpha value is -1.23. The zero-order valence-electron chi connectivity index (χ0n) is 31.0. The van der Waals surface area contributed by atoms with E-state index in [0.717, 1.165) is 25.7 Å². The third-order valence-electron chi connectivity index (χ3n) is 11.6. The number of hydrogen-bond acceptors (Lipinski definition) is 6. The Kier molecular flexibility index (Phi) is 14.9. The van der Waals surface area contributed by atoms with Crippen LogP contribution in [0, 0.1) is 17.3 Å². The molecule has 1 unspecified atom stereocenters. The molecule has 2 fully saturated rings. The van der Waals surface area contributed by atoms with E-state index in [-0.39, 0.29) is 51.6 Å². The monoisotopic (exact) mass is 664 g/mol. The average Bonchev–Trinajstić information content (AvgIpc) is 3.21. The van der Waals surface area contributed by atoms with Crippen LogP contribution in [0.4, 0.5) is 0 Å². The number of methoxy groups -OCH3 is 1. The molecule has 0 radical (unpaired) electrons. The molecule has 5 atom stereocenters. The summed E-state index contributed by atoms with van der Waals surface area (Å²) in [5.74, 6) is 0.0971. The molecule has 0 heterocycles. The highest BCUT2D eigenvalue weighted by molar-refractivity contribution is 6.74. The van der Waals surface area contributed by atoms with Crippen molar-refractivity contribution in [2.75, 3.05) is 7.11 Å². The first kappa shape index (κ1) is 40.0. The van der Waals surface area contributed by atoms with Crippen LogP contribution in [0.1, 0.15) is 119 Å². The van der Waals surface area contributed by atoms with E-state index >= 15 is 0 Å². The Labute approximate surface area is 278 Å². The number of carbonyl (C=O) groups is 2. The van der Waals surface area contributed by atoms with Crippen molar-refractivity contribution in [3.05, 3.63) is 24.3 Å². The van der Waals surface area contributed by atoms with E-state index in [1.807, 2.05) is 0 Å². The smallest absolute Gasteiger partial charge is 0.305 e. The van der Waals surface area contributed by atoms with Gasteiger partial charge in [-0.25, -0.2) is 0 Å². The van der Waals surface area contributed by atoms with Gasteiger partial charge < -0.3 is 18.3 Å². The van der Waals surface area contributed by atoms with Crippen LogP contribution in [0.5, 0.6) is 0 Å². The Morgan fingerprint density at radius 2 is 1.60 bits per heavy atom. The van der Waals surface area contributed by atoms with E-state index in [9.17, 15) is 9.59 Å². The molecular weight excluding hydrogens is 597 g/mol. The molecule has 45 heavy (non-hydrogen) atoms. The van der Waals surface area contributed by atoms with Crippen LogP contribution in [0.25, 0.3) is 0 Å². The van der Waals surface area contributed by atoms with Gasteiger partial charge in [0.2, 0.25) is 0 Å². The van der Waals surface area contributed by atoms with Gasteiger partial charge >= 0.3 is 5.97 Å². The SMILES string of the molecule is CCCC1(C(C/C=C/[C@@H]2[C@@H](C/C=C\CCCC(=O)OC)[C@H](OC=O)C[C@H]2O[Si](C)(C)C(C)(C)C)O[Si](C)(C)C(C)(C)C)CCC1. The van der Waals surface area contributed by atoms with Gasteiger partial charge in [-0.3, -0.25) is 9.59 Å². The molecule has 0 amide bonds. The van der Waals surface area contributed by atoms with Crippen LogP contribution < -0.4 is 0 Å². The van der Waals surface area contributed by atoms with Crippen LogP contribution in [0.2, 0.25) is 36.3 Å². The first-order valence-corrected chi connectivity index (χ1v) is 23.5. The molecule has 0 aromatic carbocycles. The summed E-state index contributed by atoms with van der Waals surface area (Å²) < 4.78 is 24.8. The number of unbranched alkanes of at least 4 members (excludes halogenated alkanes) is 1. The topological polar surface area (TPSA) is 71.1 Å². The lowest BCUT2D eigenvalue weighted by Crippen LogP contribution is -2.51. The van der Waals surface area contributed by atoms with E-state index in [0.29, 0.717) is 19.3 Å². The van der Waals surface area contributed by atoms with Gasteiger partial charge in [-0.1, -0.05) is 85.6 Å². The number of carbonyl (C=O) groups excluding carboxylic acids is 2. The molecule has 0 spiro atoms. The van der Waals surface area contributed by atoms with Gasteiger partial charge in [0.05, 0.1) is 19.3 Å². The summed E-state index contributed by atoms with van der Waals surface area (Å²) in [6.07, 6.45) is 19.8. The summed E-state index contributed by atoms with van der Waals surface area (Å²) in [6.45, 7) is 26.2. The highest BCUT2D eigenvalue weighted by atomic mass is 28.4. The molecule has 8 heteroatoms. The minimum absolute atomic E-state index is 0.00196. The second kappa shape index (κ2) is 16.7. The molecule has 0 aliphatic heterocycles. The van der Waals surface area contributed by atoms with Crippen LogP contribution in [-0.4, -0.2) is 54.5 Å². The van der Waals surface area contributed by atoms with Gasteiger partial charge in [0, 0.05) is 24.7 Å². The van der Waals surface area contributed by atoms with Gasteiger partial charge in [0.15, 0.2) is 16.6 Å². The van der Waals surface area contributed by atoms with Gasteiger partial charge in [-0.2, -0.15) is 0 Å². The van der Waals surface area contributed by atoms with Gasteiger partial charge in [0.1, 0.15) is 6.10 Å². The van der Waals surface area contributed by atoms with Crippen molar-refractivity contribution < 1.29 is 27.9 Å². The predicted octanol–water partition coefficient (Wildman–Crippen LogP) is 10.2. The summed E-state index contributed by atoms with van der Waals surface area (Å²) in [5, 5.41) is 0.242. The Balaban J connectivity index is 2.38. The largest absolute Gasteiger partial charge is 0.469 e. The molecule has 0 bridgehead atoms. The van der Waals surface area contributed by atoms with Crippen molar-refractivity contribution in [1.29, 1.82) is 0 Å². The number of hydrogen-bond donors (Lipinski definition) is 0. The molecule has 0 saturated heterocycles. The molecule has 2 saturated carbocycles. The second-order valence-electron chi connectivity index (χ2n) is 16.8. The molecule has 260 valence electrons. The van der Waals surface area contributed by atoms with Crippen molar-refractivity contribution in [2.45, 2.75) is 174 Å². The van der Waals surface area contributed by atoms with Crippen molar-refractivity contribution in [1.82, 2.24) is 0 Å². The van der Waals surface area contributed by atoms with Crippen molar-refractivity contribution in [3.8, 4) is 0 Å². The highest BCUT2D eigenvalue weighted by Crippen LogP contribution is 2.52. The number of ether oxygens (including phenoxy) is 2. The lowest BCUT2D eigenvalue weighted by atomic mass is 9.62. The average molecular weight is 665 g/mol. The minimum atomic E-state index is -2.07. The number of allylic oxidation sites excluding steroid dienone is 2. The van der Waals surface area contributed by atoms with E-state index in [4.69, 9.17) is 18.3 Å². The number of rotatable bonds is 18. The quantitative estimate of drug-likeness (QED) is 0.0477. The maximum atomic E-state index is 11.7. The molecule has 0 aromatic rings. The first-order chi connectivity index (χ1) is 20.8. The minimum Gasteiger partial charge on any atom is -0.469 e. The lowest BCUT2D eigenvalue weighted by molar-refractivity contribution is -0.140. The standard InChI is InChI=1S/C37H68O6Si2/c1-13-24-37(25-19-26-37)33(43-45(11,12)36(5,6)7)22-18-21-30-29(20-16-14-15-17-23-34(39)40-8)31(41-28-38)27-32(30)42-44(9,10)35(2,3)4/h14,16,18,21,28-33H,13,15,17,19-20,22-27H2,1-12H3/b16-14-,21-18+/t29-,30-,31-,32-,33?/m1/s1. The Morgan fingerprint density at radius 1 is 0.956 bits per heavy atom. The fourth-order valence-corrected chi connectivity index (χ4v) is 9.36. The van der Waals surface area contributed by atoms with Crippen molar-refractivity contribution in [3.63, 3.8) is 0 Å². The van der Waals surface area contributed by atoms with Gasteiger partial charge in [-0.15, -0.1) is 0 Å². The Bertz CT molecular complexity index is 986. The van der Waals surface area contributed by atoms with Crippen LogP contribution in [0.3, 0.4) is 0 Å². The maximum Gasteiger partial charge on any atom is 0.305 e. The molecule has 2 aliphatic rings. The molecular formula is C37H68O6Si2. The van der Waals surface area contributed by atoms with Crippen LogP contribution in [-0.2, 0) is 27.9 Å². The first-order valence-electron chi connectivity index (χ1n) is 17.7. The summed E-state index contributed by atoms with van der Waals surface area (Å²) in [7, 11) is -2.60. The van der Waals surface area contributed by atoms with Crippen LogP contribution in [0.15, 0.2) is 24.3 Å². The summed E-state index contributed by atoms with van der Waals surface area (Å²) >= 11 is 0. The molecule has 6 nitrogen and oxygen atoms in total. The van der Waals surface area contributed by atoms with E-state index in [1.54, 1.807) is 0 Å². The highest BCUT2D eigenvalue weighted by Gasteiger charge is 2.50. The molecule has 0 aromatic heterocycles. The molecule has 2 aliphatic carbocycles. The van der Waals surface area contributed by atoms with Crippen molar-refractivity contribution in [2.24, 2.45) is 17.3 Å². The zero-order valence-corrected chi connectivity index (χ0v) is 33.0. The fraction of sp³-hybridized carbons (Fsp3) is 0.838. The van der Waals surface area contributed by atoms with Gasteiger partial charge in [-0.05, 0) is 86.6 Å².